The van der Waals surface area contributed by atoms with Crippen LogP contribution in [0.25, 0.3) is 66.2 Å². The minimum atomic E-state index is -0.354. The first-order valence-electron chi connectivity index (χ1n) is 25.2. The molecule has 0 N–H and O–H groups in total. The van der Waals surface area contributed by atoms with Crippen molar-refractivity contribution in [3.05, 3.63) is 218 Å². The van der Waals surface area contributed by atoms with Gasteiger partial charge in [0, 0.05) is 50.4 Å². The van der Waals surface area contributed by atoms with Gasteiger partial charge in [-0.15, -0.1) is 11.3 Å². The Kier molecular flexibility index (Phi) is 24.3. The fourth-order valence-electron chi connectivity index (χ4n) is 9.47. The third-order valence-corrected chi connectivity index (χ3v) is 14.9. The van der Waals surface area contributed by atoms with Gasteiger partial charge in [0.1, 0.15) is 44.0 Å². The Morgan fingerprint density at radius 1 is 0.625 bits per heavy atom. The molecule has 0 spiro atoms. The highest BCUT2D eigenvalue weighted by molar-refractivity contribution is 7.19. The van der Waals surface area contributed by atoms with Crippen molar-refractivity contribution >= 4 is 50.3 Å². The third-order valence-electron chi connectivity index (χ3n) is 13.3. The molecular formula is C67H79Cl2N5O5S+4. The molecule has 6 aromatic heterocycles. The molecule has 10 aromatic rings. The Morgan fingerprint density at radius 3 is 1.90 bits per heavy atom. The molecule has 10 nitrogen and oxygen atoms in total. The molecule has 418 valence electrons. The van der Waals surface area contributed by atoms with Gasteiger partial charge in [0.2, 0.25) is 29.0 Å². The molecule has 0 unspecified atom stereocenters. The van der Waals surface area contributed by atoms with Crippen LogP contribution < -0.4 is 27.7 Å². The van der Waals surface area contributed by atoms with Crippen molar-refractivity contribution in [3.63, 3.8) is 0 Å². The molecule has 0 atom stereocenters. The summed E-state index contributed by atoms with van der Waals surface area (Å²) in [6, 6.07) is 51.4. The summed E-state index contributed by atoms with van der Waals surface area (Å²) in [6.07, 6.45) is 12.8. The topological polar surface area (TPSA) is 90.3 Å². The van der Waals surface area contributed by atoms with Gasteiger partial charge >= 0.3 is 0 Å². The number of thiophene rings is 1. The summed E-state index contributed by atoms with van der Waals surface area (Å²) in [5.41, 5.74) is 14.4. The number of benzene rings is 4. The van der Waals surface area contributed by atoms with Gasteiger partial charge in [-0.1, -0.05) is 120 Å². The molecule has 4 aromatic carbocycles. The molecule has 80 heavy (non-hydrogen) atoms. The number of rotatable bonds is 9. The van der Waals surface area contributed by atoms with Gasteiger partial charge in [-0.05, 0) is 117 Å². The Labute approximate surface area is 488 Å². The van der Waals surface area contributed by atoms with E-state index in [1.54, 1.807) is 43.0 Å². The normalized spacial score (nSPS) is 10.9. The fourth-order valence-corrected chi connectivity index (χ4v) is 11.2. The lowest BCUT2D eigenvalue weighted by atomic mass is 9.90. The van der Waals surface area contributed by atoms with Gasteiger partial charge in [-0.3, -0.25) is 10.1 Å². The summed E-state index contributed by atoms with van der Waals surface area (Å²) in [5.74, 6) is 2.14. The number of aromatic nitrogens is 4. The van der Waals surface area contributed by atoms with Gasteiger partial charge in [-0.25, -0.2) is 9.13 Å². The average molecular weight is 1140 g/mol. The Morgan fingerprint density at radius 2 is 1.25 bits per heavy atom. The molecule has 0 aliphatic heterocycles. The number of fused-ring (bicyclic) bond motifs is 2. The van der Waals surface area contributed by atoms with E-state index in [0.717, 1.165) is 39.4 Å². The second kappa shape index (κ2) is 30.0. The highest BCUT2D eigenvalue weighted by atomic mass is 35.5. The standard InChI is InChI=1S/C18H22NO.C18H16N.C15H13N2O2S.C12H12Cl2NO2.4CH4/c1-3-20-17-10-11-18(19(2)13-17)16-9-8-14-6-4-5-7-15(14)12-16;1-19-14-6-5-9-18(19)17-12-10-16(11-13-17)15-7-3-2-4-8-15;1-10-15(12-5-3-4-6-14(12)20-10)13-9-11(17(18)19)7-8-16(13)2;1-7-9(5-11(16-3)17-7)12-10(14)4-8(13)6-15(12)2;;;;/h8-13H,3-7H2,1-2H3;2-14H,1H3;3-9H,1-2H3;4-6H,1-3H3;4*1H4/q4*+1;;;;. The number of furan rings is 1. The molecule has 0 fully saturated rings. The molecule has 13 heteroatoms. The van der Waals surface area contributed by atoms with Gasteiger partial charge in [0.15, 0.2) is 24.3 Å². The van der Waals surface area contributed by atoms with Crippen LogP contribution in [-0.4, -0.2) is 18.6 Å². The molecule has 0 saturated heterocycles. The van der Waals surface area contributed by atoms with Crippen molar-refractivity contribution in [1.82, 2.24) is 0 Å². The number of aryl methyl sites for hydroxylation is 8. The van der Waals surface area contributed by atoms with Crippen LogP contribution in [0.1, 0.15) is 71.2 Å². The number of hydrogen-bond acceptors (Lipinski definition) is 6. The summed E-state index contributed by atoms with van der Waals surface area (Å²) in [4.78, 5) is 11.8. The molecule has 6 heterocycles. The Bertz CT molecular complexity index is 3610. The maximum Gasteiger partial charge on any atom is 0.285 e. The second-order valence-electron chi connectivity index (χ2n) is 18.5. The van der Waals surface area contributed by atoms with Crippen molar-refractivity contribution < 1.29 is 37.1 Å². The first-order valence-corrected chi connectivity index (χ1v) is 26.8. The minimum Gasteiger partial charge on any atom is -0.488 e. The molecule has 1 aliphatic carbocycles. The lowest BCUT2D eigenvalue weighted by Crippen LogP contribution is -2.31. The number of nitro groups is 1. The number of pyridine rings is 4. The van der Waals surface area contributed by atoms with Crippen LogP contribution in [0.3, 0.4) is 0 Å². The summed E-state index contributed by atoms with van der Waals surface area (Å²) < 4.78 is 25.3. The number of methoxy groups -OCH3 is 1. The summed E-state index contributed by atoms with van der Waals surface area (Å²) in [7, 11) is 9.50. The average Bonchev–Trinajstić information content (AvgIpc) is 4.10. The number of nitrogens with zero attached hydrogens (tertiary/aromatic N) is 5. The van der Waals surface area contributed by atoms with E-state index in [4.69, 9.17) is 37.1 Å². The quantitative estimate of drug-likeness (QED) is 0.0816. The third kappa shape index (κ3) is 15.6. The fraction of sp³-hybridized carbons (Fsp3) is 0.254. The van der Waals surface area contributed by atoms with E-state index >= 15 is 0 Å². The van der Waals surface area contributed by atoms with Crippen molar-refractivity contribution in [2.45, 2.75) is 76.2 Å². The highest BCUT2D eigenvalue weighted by Gasteiger charge is 2.24. The highest BCUT2D eigenvalue weighted by Crippen LogP contribution is 2.38. The predicted molar refractivity (Wildman–Crippen MR) is 333 cm³/mol. The summed E-state index contributed by atoms with van der Waals surface area (Å²) in [6.45, 7) is 6.64. The lowest BCUT2D eigenvalue weighted by Gasteiger charge is -2.16. The Hall–Kier alpha value is -7.70. The van der Waals surface area contributed by atoms with Crippen LogP contribution in [0, 0.1) is 24.0 Å². The van der Waals surface area contributed by atoms with Crippen LogP contribution in [-0.2, 0) is 41.0 Å². The second-order valence-corrected chi connectivity index (χ2v) is 20.6. The molecule has 0 saturated carbocycles. The first kappa shape index (κ1) is 64.8. The van der Waals surface area contributed by atoms with Crippen LogP contribution in [0.4, 0.5) is 5.69 Å². The maximum atomic E-state index is 11.0. The smallest absolute Gasteiger partial charge is 0.285 e. The summed E-state index contributed by atoms with van der Waals surface area (Å²) in [5, 5.41) is 13.3. The van der Waals surface area contributed by atoms with E-state index in [-0.39, 0.29) is 40.3 Å². The van der Waals surface area contributed by atoms with E-state index in [2.05, 4.69) is 146 Å². The maximum absolute atomic E-state index is 11.0. The summed E-state index contributed by atoms with van der Waals surface area (Å²) >= 11 is 13.8. The molecule has 0 bridgehead atoms. The van der Waals surface area contributed by atoms with E-state index in [9.17, 15) is 10.1 Å². The number of hydrogen-bond donors (Lipinski definition) is 0. The SMILES string of the molecule is C.C.C.C.CCOc1ccc(-c2ccc3c(c2)CCCC3)[n+](C)c1.COc1cc(-c2c(Cl)cc(Cl)c[n+]2C)c(C)o1.C[n+]1ccccc1-c1ccc(-c2ccccc2)cc1.Cc1sc2ccccc2c1-c1cc([N+](=O)[O-])cc[n+]1C. The van der Waals surface area contributed by atoms with E-state index in [1.165, 1.54) is 86.1 Å². The van der Waals surface area contributed by atoms with E-state index in [1.807, 2.05) is 67.4 Å². The van der Waals surface area contributed by atoms with Gasteiger partial charge in [0.25, 0.3) is 11.6 Å². The van der Waals surface area contributed by atoms with E-state index in [0.29, 0.717) is 22.6 Å². The van der Waals surface area contributed by atoms with Crippen molar-refractivity contribution in [1.29, 1.82) is 0 Å². The number of ether oxygens (including phenoxy) is 2. The Balaban J connectivity index is 0.000000226. The van der Waals surface area contributed by atoms with Crippen LogP contribution in [0.15, 0.2) is 181 Å². The monoisotopic (exact) mass is 1140 g/mol. The van der Waals surface area contributed by atoms with Gasteiger partial charge in [-0.2, -0.15) is 9.13 Å². The van der Waals surface area contributed by atoms with Gasteiger partial charge < -0.3 is 13.9 Å². The minimum absolute atomic E-state index is 0. The lowest BCUT2D eigenvalue weighted by molar-refractivity contribution is -0.660. The zero-order valence-electron chi connectivity index (χ0n) is 44.2. The van der Waals surface area contributed by atoms with Crippen LogP contribution in [0.2, 0.25) is 10.0 Å². The largest absolute Gasteiger partial charge is 0.488 e. The zero-order chi connectivity index (χ0) is 53.9. The molecule has 1 aliphatic rings. The van der Waals surface area contributed by atoms with E-state index < -0.39 is 0 Å². The molecular weight excluding hydrogens is 1060 g/mol. The first-order chi connectivity index (χ1) is 36.7. The molecule has 11 rings (SSSR count). The molecule has 0 amide bonds. The zero-order valence-corrected chi connectivity index (χ0v) is 46.5. The van der Waals surface area contributed by atoms with Crippen LogP contribution in [0.5, 0.6) is 11.7 Å². The van der Waals surface area contributed by atoms with Crippen molar-refractivity contribution in [2.24, 2.45) is 28.2 Å². The predicted octanol–water partition coefficient (Wildman–Crippen LogP) is 16.8. The molecule has 0 radical (unpaired) electrons. The van der Waals surface area contributed by atoms with Crippen molar-refractivity contribution in [3.8, 4) is 67.9 Å². The van der Waals surface area contributed by atoms with Crippen molar-refractivity contribution in [2.75, 3.05) is 13.7 Å². The van der Waals surface area contributed by atoms with Crippen LogP contribution >= 0.6 is 34.5 Å². The number of halogens is 2. The van der Waals surface area contributed by atoms with Gasteiger partial charge in [0.05, 0.1) is 41.9 Å².